The number of nitrogens with zero attached hydrogens (tertiary/aromatic N) is 1. The summed E-state index contributed by atoms with van der Waals surface area (Å²) in [5.74, 6) is 0. The summed E-state index contributed by atoms with van der Waals surface area (Å²) < 4.78 is 0. The molecule has 0 radical (unpaired) electrons. The first-order chi connectivity index (χ1) is 6.16. The topological polar surface area (TPSA) is 3.24 Å². The molecule has 0 heterocycles. The third-order valence-electron chi connectivity index (χ3n) is 2.43. The molecule has 1 nitrogen and oxygen atoms in total. The second-order valence-corrected chi connectivity index (χ2v) is 3.79. The van der Waals surface area contributed by atoms with Crippen LogP contribution in [0.4, 0.5) is 0 Å². The molecule has 0 spiro atoms. The highest BCUT2D eigenvalue weighted by Crippen LogP contribution is 2.23. The van der Waals surface area contributed by atoms with Crippen molar-refractivity contribution in [2.24, 2.45) is 0 Å². The van der Waals surface area contributed by atoms with Gasteiger partial charge in [-0.15, -0.1) is 0 Å². The van der Waals surface area contributed by atoms with Gasteiger partial charge in [0.2, 0.25) is 0 Å². The summed E-state index contributed by atoms with van der Waals surface area (Å²) >= 11 is 0. The van der Waals surface area contributed by atoms with Crippen LogP contribution in [-0.2, 0) is 0 Å². The zero-order valence-corrected chi connectivity index (χ0v) is 8.88. The predicted molar refractivity (Wildman–Crippen MR) is 58.2 cm³/mol. The number of hydrogen-bond donors (Lipinski definition) is 0. The van der Waals surface area contributed by atoms with Crippen molar-refractivity contribution < 1.29 is 0 Å². The molecule has 0 fully saturated rings. The van der Waals surface area contributed by atoms with Crippen LogP contribution < -0.4 is 0 Å². The molecule has 0 N–H and O–H groups in total. The van der Waals surface area contributed by atoms with Crippen LogP contribution in [0, 0.1) is 0 Å². The van der Waals surface area contributed by atoms with Gasteiger partial charge in [-0.25, -0.2) is 0 Å². The lowest BCUT2D eigenvalue weighted by molar-refractivity contribution is 0.389. The van der Waals surface area contributed by atoms with Gasteiger partial charge in [0.25, 0.3) is 0 Å². The lowest BCUT2D eigenvalue weighted by Crippen LogP contribution is -2.25. The summed E-state index contributed by atoms with van der Waals surface area (Å²) in [6.45, 7) is 10.4. The molecule has 0 aromatic heterocycles. The lowest BCUT2D eigenvalue weighted by Gasteiger charge is -2.29. The van der Waals surface area contributed by atoms with Crippen LogP contribution in [0.2, 0.25) is 0 Å². The van der Waals surface area contributed by atoms with Gasteiger partial charge in [-0.2, -0.15) is 0 Å². The van der Waals surface area contributed by atoms with Crippen LogP contribution in [0.25, 0.3) is 0 Å². The summed E-state index contributed by atoms with van der Waals surface area (Å²) in [7, 11) is 0. The molecule has 0 saturated heterocycles. The van der Waals surface area contributed by atoms with E-state index in [0.717, 1.165) is 0 Å². The SMILES string of the molecule is C=CN(C1=C(C)CCC=C1)C(C)C. The Morgan fingerprint density at radius 3 is 2.69 bits per heavy atom. The quantitative estimate of drug-likeness (QED) is 0.638. The van der Waals surface area contributed by atoms with E-state index in [9.17, 15) is 0 Å². The maximum absolute atomic E-state index is 3.85. The van der Waals surface area contributed by atoms with Crippen LogP contribution in [-0.4, -0.2) is 10.9 Å². The summed E-state index contributed by atoms with van der Waals surface area (Å²) in [6.07, 6.45) is 8.72. The first-order valence-corrected chi connectivity index (χ1v) is 4.94. The van der Waals surface area contributed by atoms with Gasteiger partial charge in [0, 0.05) is 11.7 Å². The molecule has 0 saturated carbocycles. The molecule has 0 unspecified atom stereocenters. The summed E-state index contributed by atoms with van der Waals surface area (Å²) in [6, 6.07) is 0.491. The molecule has 0 aromatic rings. The van der Waals surface area contributed by atoms with Gasteiger partial charge in [-0.3, -0.25) is 0 Å². The minimum absolute atomic E-state index is 0.491. The van der Waals surface area contributed by atoms with Gasteiger partial charge in [-0.1, -0.05) is 12.7 Å². The van der Waals surface area contributed by atoms with Crippen LogP contribution in [0.5, 0.6) is 0 Å². The van der Waals surface area contributed by atoms with Crippen molar-refractivity contribution in [2.45, 2.75) is 39.7 Å². The van der Waals surface area contributed by atoms with Crippen LogP contribution in [0.15, 0.2) is 36.2 Å². The molecule has 0 aromatic carbocycles. The molecule has 13 heavy (non-hydrogen) atoms. The van der Waals surface area contributed by atoms with Gasteiger partial charge in [0.15, 0.2) is 0 Å². The van der Waals surface area contributed by atoms with Gasteiger partial charge >= 0.3 is 0 Å². The lowest BCUT2D eigenvalue weighted by atomic mass is 10.0. The van der Waals surface area contributed by atoms with Gasteiger partial charge in [-0.05, 0) is 51.5 Å². The second kappa shape index (κ2) is 4.31. The Bertz CT molecular complexity index is 246. The molecular formula is C12H19N. The van der Waals surface area contributed by atoms with E-state index in [4.69, 9.17) is 0 Å². The van der Waals surface area contributed by atoms with E-state index < -0.39 is 0 Å². The van der Waals surface area contributed by atoms with E-state index in [2.05, 4.69) is 44.4 Å². The van der Waals surface area contributed by atoms with Gasteiger partial charge < -0.3 is 4.90 Å². The molecular weight excluding hydrogens is 158 g/mol. The standard InChI is InChI=1S/C12H19N/c1-5-13(10(2)3)12-9-7-6-8-11(12)4/h5,7,9-10H,1,6,8H2,2-4H3. The van der Waals surface area contributed by atoms with E-state index in [-0.39, 0.29) is 0 Å². The Balaban J connectivity index is 2.90. The first kappa shape index (κ1) is 10.1. The maximum Gasteiger partial charge on any atom is 0.0394 e. The van der Waals surface area contributed by atoms with E-state index in [1.165, 1.54) is 24.1 Å². The zero-order valence-electron chi connectivity index (χ0n) is 8.88. The second-order valence-electron chi connectivity index (χ2n) is 3.79. The first-order valence-electron chi connectivity index (χ1n) is 4.94. The Hall–Kier alpha value is -0.980. The predicted octanol–water partition coefficient (Wildman–Crippen LogP) is 3.46. The van der Waals surface area contributed by atoms with Crippen LogP contribution >= 0.6 is 0 Å². The average molecular weight is 177 g/mol. The Labute approximate surface area is 81.4 Å². The number of rotatable bonds is 3. The van der Waals surface area contributed by atoms with Crippen molar-refractivity contribution >= 4 is 0 Å². The Kier molecular flexibility index (Phi) is 3.35. The normalized spacial score (nSPS) is 16.6. The number of allylic oxidation sites excluding steroid dienone is 3. The largest absolute Gasteiger partial charge is 0.346 e. The van der Waals surface area contributed by atoms with Crippen LogP contribution in [0.1, 0.15) is 33.6 Å². The summed E-state index contributed by atoms with van der Waals surface area (Å²) in [5.41, 5.74) is 2.80. The molecule has 0 bridgehead atoms. The van der Waals surface area contributed by atoms with Crippen molar-refractivity contribution in [3.05, 3.63) is 36.2 Å². The highest BCUT2D eigenvalue weighted by molar-refractivity contribution is 5.28. The van der Waals surface area contributed by atoms with E-state index >= 15 is 0 Å². The molecule has 1 aliphatic rings. The third-order valence-corrected chi connectivity index (χ3v) is 2.43. The molecule has 1 rings (SSSR count). The van der Waals surface area contributed by atoms with Crippen molar-refractivity contribution in [1.29, 1.82) is 0 Å². The fraction of sp³-hybridized carbons (Fsp3) is 0.500. The van der Waals surface area contributed by atoms with Crippen molar-refractivity contribution in [3.63, 3.8) is 0 Å². The molecule has 0 atom stereocenters. The van der Waals surface area contributed by atoms with Gasteiger partial charge in [0.05, 0.1) is 0 Å². The Morgan fingerprint density at radius 1 is 1.54 bits per heavy atom. The Morgan fingerprint density at radius 2 is 2.23 bits per heavy atom. The maximum atomic E-state index is 3.85. The average Bonchev–Trinajstić information content (AvgIpc) is 2.09. The zero-order chi connectivity index (χ0) is 9.84. The summed E-state index contributed by atoms with van der Waals surface area (Å²) in [4.78, 5) is 2.23. The minimum atomic E-state index is 0.491. The molecule has 72 valence electrons. The van der Waals surface area contributed by atoms with E-state index in [1.54, 1.807) is 0 Å². The highest BCUT2D eigenvalue weighted by atomic mass is 15.1. The molecule has 0 amide bonds. The van der Waals surface area contributed by atoms with Gasteiger partial charge in [0.1, 0.15) is 0 Å². The van der Waals surface area contributed by atoms with Crippen molar-refractivity contribution in [1.82, 2.24) is 4.90 Å². The molecule has 1 heteroatoms. The third kappa shape index (κ3) is 2.24. The van der Waals surface area contributed by atoms with Crippen LogP contribution in [0.3, 0.4) is 0 Å². The number of hydrogen-bond acceptors (Lipinski definition) is 1. The highest BCUT2D eigenvalue weighted by Gasteiger charge is 2.12. The fourth-order valence-corrected chi connectivity index (χ4v) is 1.66. The smallest absolute Gasteiger partial charge is 0.0394 e. The fourth-order valence-electron chi connectivity index (χ4n) is 1.66. The van der Waals surface area contributed by atoms with E-state index in [1.807, 2.05) is 6.20 Å². The monoisotopic (exact) mass is 177 g/mol. The minimum Gasteiger partial charge on any atom is -0.346 e. The van der Waals surface area contributed by atoms with Crippen molar-refractivity contribution in [3.8, 4) is 0 Å². The van der Waals surface area contributed by atoms with Crippen molar-refractivity contribution in [2.75, 3.05) is 0 Å². The molecule has 0 aliphatic heterocycles. The summed E-state index contributed by atoms with van der Waals surface area (Å²) in [5, 5.41) is 0. The van der Waals surface area contributed by atoms with E-state index in [0.29, 0.717) is 6.04 Å². The molecule has 1 aliphatic carbocycles.